The van der Waals surface area contributed by atoms with Crippen LogP contribution in [0.1, 0.15) is 28.5 Å². The molecule has 23 heavy (non-hydrogen) atoms. The first-order valence-electron chi connectivity index (χ1n) is 6.74. The second kappa shape index (κ2) is 7.06. The SMILES string of the molecule is CCc1cc(C(=O)OCc2ccc(Cl)c([N+](=O)[O-])c2)cc(=O)[nH]1. The van der Waals surface area contributed by atoms with E-state index >= 15 is 0 Å². The van der Waals surface area contributed by atoms with Crippen molar-refractivity contribution < 1.29 is 14.5 Å². The Bertz CT molecular complexity index is 816. The van der Waals surface area contributed by atoms with Crippen molar-refractivity contribution in [3.05, 3.63) is 72.6 Å². The van der Waals surface area contributed by atoms with Gasteiger partial charge in [0, 0.05) is 17.8 Å². The molecule has 0 aliphatic carbocycles. The van der Waals surface area contributed by atoms with Gasteiger partial charge in [-0.05, 0) is 24.1 Å². The molecule has 2 aromatic rings. The zero-order valence-corrected chi connectivity index (χ0v) is 12.9. The van der Waals surface area contributed by atoms with Crippen LogP contribution in [0.3, 0.4) is 0 Å². The zero-order chi connectivity index (χ0) is 17.0. The van der Waals surface area contributed by atoms with Gasteiger partial charge >= 0.3 is 5.97 Å². The lowest BCUT2D eigenvalue weighted by atomic mass is 10.2. The average molecular weight is 337 g/mol. The molecule has 0 saturated carbocycles. The second-order valence-electron chi connectivity index (χ2n) is 4.73. The maximum absolute atomic E-state index is 12.0. The van der Waals surface area contributed by atoms with E-state index in [1.54, 1.807) is 0 Å². The fourth-order valence-corrected chi connectivity index (χ4v) is 2.12. The van der Waals surface area contributed by atoms with Crippen molar-refractivity contribution >= 4 is 23.3 Å². The van der Waals surface area contributed by atoms with E-state index < -0.39 is 16.5 Å². The van der Waals surface area contributed by atoms with Crippen molar-refractivity contribution in [3.63, 3.8) is 0 Å². The van der Waals surface area contributed by atoms with Crippen LogP contribution in [0.2, 0.25) is 5.02 Å². The molecular weight excluding hydrogens is 324 g/mol. The molecule has 1 aromatic carbocycles. The number of benzene rings is 1. The molecule has 0 amide bonds. The summed E-state index contributed by atoms with van der Waals surface area (Å²) in [5, 5.41) is 10.8. The molecule has 0 bridgehead atoms. The molecule has 7 nitrogen and oxygen atoms in total. The third-order valence-corrected chi connectivity index (χ3v) is 3.41. The van der Waals surface area contributed by atoms with Gasteiger partial charge < -0.3 is 9.72 Å². The smallest absolute Gasteiger partial charge is 0.338 e. The third-order valence-electron chi connectivity index (χ3n) is 3.09. The van der Waals surface area contributed by atoms with Crippen LogP contribution in [0.4, 0.5) is 5.69 Å². The topological polar surface area (TPSA) is 102 Å². The highest BCUT2D eigenvalue weighted by Gasteiger charge is 2.14. The first-order valence-corrected chi connectivity index (χ1v) is 7.11. The van der Waals surface area contributed by atoms with Crippen LogP contribution in [0.15, 0.2) is 35.1 Å². The lowest BCUT2D eigenvalue weighted by Crippen LogP contribution is -2.14. The van der Waals surface area contributed by atoms with Crippen LogP contribution in [0.25, 0.3) is 0 Å². The predicted molar refractivity (Wildman–Crippen MR) is 83.7 cm³/mol. The van der Waals surface area contributed by atoms with E-state index in [-0.39, 0.29) is 22.9 Å². The van der Waals surface area contributed by atoms with Crippen LogP contribution < -0.4 is 5.56 Å². The fraction of sp³-hybridized carbons (Fsp3) is 0.200. The largest absolute Gasteiger partial charge is 0.457 e. The number of halogens is 1. The molecule has 0 saturated heterocycles. The van der Waals surface area contributed by atoms with Crippen LogP contribution in [-0.2, 0) is 17.8 Å². The molecule has 0 spiro atoms. The summed E-state index contributed by atoms with van der Waals surface area (Å²) >= 11 is 5.71. The molecule has 0 radical (unpaired) electrons. The van der Waals surface area contributed by atoms with E-state index in [1.807, 2.05) is 6.92 Å². The summed E-state index contributed by atoms with van der Waals surface area (Å²) in [7, 11) is 0. The summed E-state index contributed by atoms with van der Waals surface area (Å²) < 4.78 is 5.09. The number of aryl methyl sites for hydroxylation is 1. The fourth-order valence-electron chi connectivity index (χ4n) is 1.93. The Morgan fingerprint density at radius 2 is 2.09 bits per heavy atom. The molecule has 0 aliphatic rings. The van der Waals surface area contributed by atoms with Crippen molar-refractivity contribution in [2.24, 2.45) is 0 Å². The summed E-state index contributed by atoms with van der Waals surface area (Å²) in [6.07, 6.45) is 0.569. The number of carbonyl (C=O) groups excluding carboxylic acids is 1. The molecule has 0 atom stereocenters. The number of pyridine rings is 1. The molecular formula is C15H13ClN2O5. The molecule has 1 heterocycles. The summed E-state index contributed by atoms with van der Waals surface area (Å²) in [6.45, 7) is 1.68. The quantitative estimate of drug-likeness (QED) is 0.514. The van der Waals surface area contributed by atoms with Crippen LogP contribution in [0, 0.1) is 10.1 Å². The van der Waals surface area contributed by atoms with E-state index in [0.717, 1.165) is 6.07 Å². The van der Waals surface area contributed by atoms with Gasteiger partial charge in [0.05, 0.1) is 10.5 Å². The first-order chi connectivity index (χ1) is 10.9. The van der Waals surface area contributed by atoms with Crippen molar-refractivity contribution in [2.45, 2.75) is 20.0 Å². The molecule has 0 fully saturated rings. The number of esters is 1. The van der Waals surface area contributed by atoms with Gasteiger partial charge in [-0.25, -0.2) is 4.79 Å². The number of nitro groups is 1. The molecule has 0 unspecified atom stereocenters. The standard InChI is InChI=1S/C15H13ClN2O5/c1-2-11-6-10(7-14(19)17-11)15(20)23-8-9-3-4-12(16)13(5-9)18(21)22/h3-7H,2,8H2,1H3,(H,17,19). The number of H-pyrrole nitrogens is 1. The minimum absolute atomic E-state index is 0.00672. The van der Waals surface area contributed by atoms with Crippen molar-refractivity contribution in [1.29, 1.82) is 0 Å². The maximum atomic E-state index is 12.0. The zero-order valence-electron chi connectivity index (χ0n) is 12.2. The van der Waals surface area contributed by atoms with E-state index in [1.165, 1.54) is 24.3 Å². The van der Waals surface area contributed by atoms with Gasteiger partial charge in [0.2, 0.25) is 5.56 Å². The second-order valence-corrected chi connectivity index (χ2v) is 5.14. The third kappa shape index (κ3) is 4.17. The number of aromatic amines is 1. The molecule has 8 heteroatoms. The van der Waals surface area contributed by atoms with Crippen molar-refractivity contribution in [2.75, 3.05) is 0 Å². The molecule has 120 valence electrons. The molecule has 2 rings (SSSR count). The van der Waals surface area contributed by atoms with Crippen LogP contribution in [0.5, 0.6) is 0 Å². The predicted octanol–water partition coefficient (Wildman–Crippen LogP) is 2.86. The molecule has 1 N–H and O–H groups in total. The Hall–Kier alpha value is -2.67. The van der Waals surface area contributed by atoms with Crippen molar-refractivity contribution in [1.82, 2.24) is 4.98 Å². The lowest BCUT2D eigenvalue weighted by Gasteiger charge is -2.06. The van der Waals surface area contributed by atoms with E-state index in [2.05, 4.69) is 4.98 Å². The van der Waals surface area contributed by atoms with E-state index in [9.17, 15) is 19.7 Å². The summed E-state index contributed by atoms with van der Waals surface area (Å²) in [4.78, 5) is 36.2. The maximum Gasteiger partial charge on any atom is 0.338 e. The molecule has 0 aliphatic heterocycles. The Morgan fingerprint density at radius 1 is 1.35 bits per heavy atom. The summed E-state index contributed by atoms with van der Waals surface area (Å²) in [5.41, 5.74) is 0.527. The van der Waals surface area contributed by atoms with E-state index in [4.69, 9.17) is 16.3 Å². The number of nitrogens with one attached hydrogen (secondary N) is 1. The minimum Gasteiger partial charge on any atom is -0.457 e. The van der Waals surface area contributed by atoms with Gasteiger partial charge in [-0.3, -0.25) is 14.9 Å². The average Bonchev–Trinajstić information content (AvgIpc) is 2.52. The summed E-state index contributed by atoms with van der Waals surface area (Å²) in [6, 6.07) is 6.81. The molecule has 1 aromatic heterocycles. The van der Waals surface area contributed by atoms with Crippen LogP contribution >= 0.6 is 11.6 Å². The van der Waals surface area contributed by atoms with Gasteiger partial charge in [0.1, 0.15) is 11.6 Å². The number of carbonyl (C=O) groups is 1. The van der Waals surface area contributed by atoms with Gasteiger partial charge in [0.15, 0.2) is 0 Å². The number of hydrogen-bond acceptors (Lipinski definition) is 5. The van der Waals surface area contributed by atoms with E-state index in [0.29, 0.717) is 17.7 Å². The lowest BCUT2D eigenvalue weighted by molar-refractivity contribution is -0.384. The van der Waals surface area contributed by atoms with Gasteiger partial charge in [-0.15, -0.1) is 0 Å². The normalized spacial score (nSPS) is 10.3. The Balaban J connectivity index is 2.13. The van der Waals surface area contributed by atoms with Crippen molar-refractivity contribution in [3.8, 4) is 0 Å². The minimum atomic E-state index is -0.677. The number of ether oxygens (including phenoxy) is 1. The number of hydrogen-bond donors (Lipinski definition) is 1. The van der Waals surface area contributed by atoms with Gasteiger partial charge in [0.25, 0.3) is 5.69 Å². The highest BCUT2D eigenvalue weighted by molar-refractivity contribution is 6.32. The highest BCUT2D eigenvalue weighted by atomic mass is 35.5. The van der Waals surface area contributed by atoms with Gasteiger partial charge in [-0.2, -0.15) is 0 Å². The van der Waals surface area contributed by atoms with Crippen LogP contribution in [-0.4, -0.2) is 15.9 Å². The summed E-state index contributed by atoms with van der Waals surface area (Å²) in [5.74, 6) is -0.677. The monoisotopic (exact) mass is 336 g/mol. The number of nitrogens with zero attached hydrogens (tertiary/aromatic N) is 1. The highest BCUT2D eigenvalue weighted by Crippen LogP contribution is 2.25. The Labute approximate surface area is 136 Å². The number of nitro benzene ring substituents is 1. The Morgan fingerprint density at radius 3 is 2.74 bits per heavy atom. The first kappa shape index (κ1) is 16.7. The number of aromatic nitrogens is 1. The van der Waals surface area contributed by atoms with Gasteiger partial charge in [-0.1, -0.05) is 24.6 Å². The number of rotatable bonds is 5. The Kier molecular flexibility index (Phi) is 5.13.